The minimum atomic E-state index is -4.18. The first-order chi connectivity index (χ1) is 11.3. The number of amides is 2. The lowest BCUT2D eigenvalue weighted by atomic mass is 9.85. The average molecular weight is 352 g/mol. The summed E-state index contributed by atoms with van der Waals surface area (Å²) in [5.74, 6) is -1.54. The predicted molar refractivity (Wildman–Crippen MR) is 83.4 cm³/mol. The summed E-state index contributed by atoms with van der Waals surface area (Å²) in [6.45, 7) is 0.472. The fourth-order valence-corrected chi connectivity index (χ4v) is 2.91. The van der Waals surface area contributed by atoms with Crippen molar-refractivity contribution >= 4 is 12.0 Å². The minimum absolute atomic E-state index is 0.0373. The van der Waals surface area contributed by atoms with Crippen LogP contribution in [-0.4, -0.2) is 37.9 Å². The number of methoxy groups -OCH3 is 1. The van der Waals surface area contributed by atoms with Gasteiger partial charge in [0.15, 0.2) is 0 Å². The molecule has 0 radical (unpaired) electrons. The van der Waals surface area contributed by atoms with Crippen LogP contribution in [0.5, 0.6) is 0 Å². The maximum Gasteiger partial charge on any atom is 0.391 e. The average Bonchev–Trinajstić information content (AvgIpc) is 2.53. The second-order valence-corrected chi connectivity index (χ2v) is 6.24. The maximum atomic E-state index is 12.7. The largest absolute Gasteiger partial charge is 0.469 e. The van der Waals surface area contributed by atoms with Crippen molar-refractivity contribution in [2.45, 2.75) is 70.0 Å². The number of alkyl halides is 3. The normalized spacial score (nSPS) is 21.2. The molecule has 1 aliphatic rings. The maximum absolute atomic E-state index is 12.7. The molecule has 1 saturated carbocycles. The van der Waals surface area contributed by atoms with E-state index in [9.17, 15) is 22.8 Å². The van der Waals surface area contributed by atoms with Gasteiger partial charge in [-0.25, -0.2) is 4.79 Å². The lowest BCUT2D eigenvalue weighted by Gasteiger charge is -2.31. The van der Waals surface area contributed by atoms with E-state index in [0.29, 0.717) is 25.8 Å². The van der Waals surface area contributed by atoms with Gasteiger partial charge in [0.2, 0.25) is 0 Å². The number of halogens is 3. The molecule has 0 spiro atoms. The van der Waals surface area contributed by atoms with Gasteiger partial charge in [0.05, 0.1) is 13.0 Å². The van der Waals surface area contributed by atoms with Gasteiger partial charge in [-0.05, 0) is 32.1 Å². The van der Waals surface area contributed by atoms with E-state index in [1.165, 1.54) is 7.11 Å². The first-order valence-electron chi connectivity index (χ1n) is 8.51. The van der Waals surface area contributed by atoms with E-state index in [0.717, 1.165) is 25.7 Å². The SMILES string of the molecule is COC(=O)CCCCCCNC(=O)N[C@@H]1CCC[C@@H](C(F)(F)F)C1. The van der Waals surface area contributed by atoms with Crippen molar-refractivity contribution in [1.29, 1.82) is 0 Å². The van der Waals surface area contributed by atoms with Crippen molar-refractivity contribution in [2.24, 2.45) is 5.92 Å². The second-order valence-electron chi connectivity index (χ2n) is 6.24. The zero-order chi connectivity index (χ0) is 18.0. The van der Waals surface area contributed by atoms with Crippen molar-refractivity contribution in [1.82, 2.24) is 10.6 Å². The Morgan fingerprint density at radius 2 is 1.83 bits per heavy atom. The number of esters is 1. The Hall–Kier alpha value is -1.47. The molecular weight excluding hydrogens is 325 g/mol. The monoisotopic (exact) mass is 352 g/mol. The smallest absolute Gasteiger partial charge is 0.391 e. The third-order valence-electron chi connectivity index (χ3n) is 4.29. The Morgan fingerprint density at radius 1 is 1.12 bits per heavy atom. The molecular formula is C16H27F3N2O3. The van der Waals surface area contributed by atoms with E-state index >= 15 is 0 Å². The van der Waals surface area contributed by atoms with Gasteiger partial charge in [0.25, 0.3) is 0 Å². The van der Waals surface area contributed by atoms with Crippen LogP contribution in [0.1, 0.15) is 57.8 Å². The number of nitrogens with one attached hydrogen (secondary N) is 2. The van der Waals surface area contributed by atoms with Crippen LogP contribution in [0, 0.1) is 5.92 Å². The first kappa shape index (κ1) is 20.6. The van der Waals surface area contributed by atoms with E-state index in [1.807, 2.05) is 0 Å². The van der Waals surface area contributed by atoms with E-state index in [4.69, 9.17) is 0 Å². The number of hydrogen-bond acceptors (Lipinski definition) is 3. The number of carbonyl (C=O) groups excluding carboxylic acids is 2. The lowest BCUT2D eigenvalue weighted by Crippen LogP contribution is -2.46. The van der Waals surface area contributed by atoms with Crippen molar-refractivity contribution in [3.05, 3.63) is 0 Å². The molecule has 0 aliphatic heterocycles. The van der Waals surface area contributed by atoms with Crippen LogP contribution in [-0.2, 0) is 9.53 Å². The molecule has 0 aromatic carbocycles. The summed E-state index contributed by atoms with van der Waals surface area (Å²) in [5.41, 5.74) is 0. The van der Waals surface area contributed by atoms with E-state index < -0.39 is 24.2 Å². The summed E-state index contributed by atoms with van der Waals surface area (Å²) in [4.78, 5) is 22.6. The quantitative estimate of drug-likeness (QED) is 0.519. The summed E-state index contributed by atoms with van der Waals surface area (Å²) in [5, 5.41) is 5.31. The zero-order valence-corrected chi connectivity index (χ0v) is 14.1. The molecule has 2 N–H and O–H groups in total. The number of rotatable bonds is 8. The highest BCUT2D eigenvalue weighted by atomic mass is 19.4. The van der Waals surface area contributed by atoms with Gasteiger partial charge in [0, 0.05) is 19.0 Å². The molecule has 2 amide bonds. The minimum Gasteiger partial charge on any atom is -0.469 e. The molecule has 0 aromatic rings. The topological polar surface area (TPSA) is 67.4 Å². The Kier molecular flexibility index (Phi) is 8.92. The third-order valence-corrected chi connectivity index (χ3v) is 4.29. The Bertz CT molecular complexity index is 403. The third kappa shape index (κ3) is 8.40. The van der Waals surface area contributed by atoms with Gasteiger partial charge in [-0.1, -0.05) is 19.3 Å². The highest BCUT2D eigenvalue weighted by Gasteiger charge is 2.42. The zero-order valence-electron chi connectivity index (χ0n) is 14.1. The molecule has 0 bridgehead atoms. The fraction of sp³-hybridized carbons (Fsp3) is 0.875. The van der Waals surface area contributed by atoms with Crippen LogP contribution in [0.2, 0.25) is 0 Å². The molecule has 24 heavy (non-hydrogen) atoms. The molecule has 1 fully saturated rings. The van der Waals surface area contributed by atoms with Crippen molar-refractivity contribution in [3.63, 3.8) is 0 Å². The molecule has 0 saturated heterocycles. The summed E-state index contributed by atoms with van der Waals surface area (Å²) < 4.78 is 42.7. The number of carbonyl (C=O) groups is 2. The summed E-state index contributed by atoms with van der Waals surface area (Å²) in [7, 11) is 1.36. The highest BCUT2D eigenvalue weighted by molar-refractivity contribution is 5.74. The standard InChI is InChI=1S/C16H27F3N2O3/c1-24-14(22)9-4-2-3-5-10-20-15(23)21-13-8-6-7-12(11-13)16(17,18)19/h12-13H,2-11H2,1H3,(H2,20,21,23)/t12-,13-/m1/s1. The summed E-state index contributed by atoms with van der Waals surface area (Å²) >= 11 is 0. The predicted octanol–water partition coefficient (Wildman–Crippen LogP) is 3.53. The van der Waals surface area contributed by atoms with Gasteiger partial charge in [-0.15, -0.1) is 0 Å². The molecule has 1 rings (SSSR count). The Balaban J connectivity index is 2.08. The van der Waals surface area contributed by atoms with Crippen molar-refractivity contribution in [3.8, 4) is 0 Å². The van der Waals surface area contributed by atoms with E-state index in [2.05, 4.69) is 15.4 Å². The number of hydrogen-bond donors (Lipinski definition) is 2. The number of unbranched alkanes of at least 4 members (excludes halogenated alkanes) is 3. The van der Waals surface area contributed by atoms with E-state index in [-0.39, 0.29) is 18.8 Å². The van der Waals surface area contributed by atoms with Crippen LogP contribution in [0.25, 0.3) is 0 Å². The van der Waals surface area contributed by atoms with Gasteiger partial charge in [-0.3, -0.25) is 4.79 Å². The molecule has 0 aromatic heterocycles. The van der Waals surface area contributed by atoms with Crippen LogP contribution in [0.15, 0.2) is 0 Å². The molecule has 140 valence electrons. The van der Waals surface area contributed by atoms with Crippen LogP contribution in [0.3, 0.4) is 0 Å². The Morgan fingerprint density at radius 3 is 2.50 bits per heavy atom. The molecule has 8 heteroatoms. The van der Waals surface area contributed by atoms with Gasteiger partial charge in [0.1, 0.15) is 0 Å². The number of urea groups is 1. The molecule has 0 unspecified atom stereocenters. The fourth-order valence-electron chi connectivity index (χ4n) is 2.91. The molecule has 0 heterocycles. The summed E-state index contributed by atoms with van der Waals surface area (Å²) in [6.07, 6.45) is 0.658. The van der Waals surface area contributed by atoms with Gasteiger partial charge < -0.3 is 15.4 Å². The molecule has 1 aliphatic carbocycles. The second kappa shape index (κ2) is 10.4. The molecule has 5 nitrogen and oxygen atoms in total. The van der Waals surface area contributed by atoms with Crippen molar-refractivity contribution in [2.75, 3.05) is 13.7 Å². The summed E-state index contributed by atoms with van der Waals surface area (Å²) in [6, 6.07) is -0.817. The molecule has 2 atom stereocenters. The Labute approximate surface area is 140 Å². The van der Waals surface area contributed by atoms with E-state index in [1.54, 1.807) is 0 Å². The lowest BCUT2D eigenvalue weighted by molar-refractivity contribution is -0.183. The van der Waals surface area contributed by atoms with Gasteiger partial charge >= 0.3 is 18.2 Å². The first-order valence-corrected chi connectivity index (χ1v) is 8.51. The van der Waals surface area contributed by atoms with Gasteiger partial charge in [-0.2, -0.15) is 13.2 Å². The van der Waals surface area contributed by atoms with Crippen molar-refractivity contribution < 1.29 is 27.5 Å². The highest BCUT2D eigenvalue weighted by Crippen LogP contribution is 2.37. The van der Waals surface area contributed by atoms with Crippen LogP contribution < -0.4 is 10.6 Å². The van der Waals surface area contributed by atoms with Crippen LogP contribution >= 0.6 is 0 Å². The van der Waals surface area contributed by atoms with Crippen LogP contribution in [0.4, 0.5) is 18.0 Å². The number of ether oxygens (including phenoxy) is 1.